The number of likely N-dealkylation sites (tertiary alicyclic amines) is 1. The van der Waals surface area contributed by atoms with E-state index in [2.05, 4.69) is 4.98 Å². The number of carbonyl (C=O) groups excluding carboxylic acids is 1. The monoisotopic (exact) mass is 438 g/mol. The first-order valence-corrected chi connectivity index (χ1v) is 10.9. The van der Waals surface area contributed by atoms with E-state index in [4.69, 9.17) is 21.1 Å². The zero-order valence-electron chi connectivity index (χ0n) is 16.8. The Morgan fingerprint density at radius 1 is 1.31 bits per heavy atom. The van der Waals surface area contributed by atoms with E-state index in [1.54, 1.807) is 19.2 Å². The van der Waals surface area contributed by atoms with Crippen LogP contribution in [0.1, 0.15) is 41.3 Å². The molecule has 1 aromatic heterocycles. The average Bonchev–Trinajstić information content (AvgIpc) is 2.97. The van der Waals surface area contributed by atoms with Gasteiger partial charge < -0.3 is 19.5 Å². The van der Waals surface area contributed by atoms with Gasteiger partial charge in [-0.15, -0.1) is 11.3 Å². The Bertz CT molecular complexity index is 827. The zero-order chi connectivity index (χ0) is 20.9. The van der Waals surface area contributed by atoms with Crippen molar-refractivity contribution in [3.63, 3.8) is 0 Å². The third-order valence-electron chi connectivity index (χ3n) is 5.16. The van der Waals surface area contributed by atoms with Gasteiger partial charge in [0.15, 0.2) is 0 Å². The number of amides is 1. The molecule has 1 aliphatic rings. The summed E-state index contributed by atoms with van der Waals surface area (Å²) in [5, 5.41) is 12.7. The van der Waals surface area contributed by atoms with Crippen LogP contribution in [0.4, 0.5) is 0 Å². The molecule has 1 amide bonds. The Balaban J connectivity index is 1.64. The molecule has 6 nitrogen and oxygen atoms in total. The van der Waals surface area contributed by atoms with Gasteiger partial charge in [0.25, 0.3) is 0 Å². The summed E-state index contributed by atoms with van der Waals surface area (Å²) in [5.41, 5.74) is -0.144. The molecule has 2 heterocycles. The topological polar surface area (TPSA) is 71.9 Å². The van der Waals surface area contributed by atoms with Crippen molar-refractivity contribution in [1.82, 2.24) is 9.88 Å². The molecule has 0 spiro atoms. The van der Waals surface area contributed by atoms with E-state index in [1.165, 1.54) is 11.3 Å². The van der Waals surface area contributed by atoms with Gasteiger partial charge >= 0.3 is 0 Å². The number of aryl methyl sites for hydroxylation is 1. The SMILES string of the molecule is COCCC(=O)N1CCC[C@](O)(c2nc(C)c(COc3ccc(Cl)cc3)s2)CC1. The largest absolute Gasteiger partial charge is 0.488 e. The van der Waals surface area contributed by atoms with Crippen LogP contribution in [0.3, 0.4) is 0 Å². The molecule has 8 heteroatoms. The summed E-state index contributed by atoms with van der Waals surface area (Å²) in [7, 11) is 1.59. The van der Waals surface area contributed by atoms with Crippen molar-refractivity contribution in [1.29, 1.82) is 0 Å². The molecular formula is C21H27ClN2O4S. The number of rotatable bonds is 7. The van der Waals surface area contributed by atoms with Crippen molar-refractivity contribution in [2.24, 2.45) is 0 Å². The minimum atomic E-state index is -1.01. The molecule has 1 atom stereocenters. The number of halogens is 1. The van der Waals surface area contributed by atoms with E-state index in [0.29, 0.717) is 55.6 Å². The molecule has 1 aliphatic heterocycles. The van der Waals surface area contributed by atoms with Crippen molar-refractivity contribution >= 4 is 28.8 Å². The summed E-state index contributed by atoms with van der Waals surface area (Å²) in [4.78, 5) is 19.7. The lowest BCUT2D eigenvalue weighted by atomic mass is 9.96. The van der Waals surface area contributed by atoms with Gasteiger partial charge in [0, 0.05) is 31.6 Å². The second kappa shape index (κ2) is 9.89. The van der Waals surface area contributed by atoms with Gasteiger partial charge in [0.2, 0.25) is 5.91 Å². The summed E-state index contributed by atoms with van der Waals surface area (Å²) in [5.74, 6) is 0.811. The molecule has 0 unspecified atom stereocenters. The van der Waals surface area contributed by atoms with E-state index < -0.39 is 5.60 Å². The zero-order valence-corrected chi connectivity index (χ0v) is 18.4. The molecule has 1 fully saturated rings. The number of hydrogen-bond donors (Lipinski definition) is 1. The van der Waals surface area contributed by atoms with E-state index in [0.717, 1.165) is 22.7 Å². The van der Waals surface area contributed by atoms with Crippen molar-refractivity contribution in [3.05, 3.63) is 44.9 Å². The van der Waals surface area contributed by atoms with Gasteiger partial charge in [-0.25, -0.2) is 4.98 Å². The number of ether oxygens (including phenoxy) is 2. The van der Waals surface area contributed by atoms with Gasteiger partial charge in [-0.05, 0) is 44.0 Å². The lowest BCUT2D eigenvalue weighted by Crippen LogP contribution is -2.34. The number of aliphatic hydroxyl groups is 1. The Labute approximate surface area is 180 Å². The molecule has 1 aromatic carbocycles. The predicted octanol–water partition coefficient (Wildman–Crippen LogP) is 3.92. The maximum Gasteiger partial charge on any atom is 0.224 e. The fourth-order valence-electron chi connectivity index (χ4n) is 3.37. The minimum Gasteiger partial charge on any atom is -0.488 e. The van der Waals surface area contributed by atoms with Crippen LogP contribution >= 0.6 is 22.9 Å². The van der Waals surface area contributed by atoms with Crippen molar-refractivity contribution in [2.75, 3.05) is 26.8 Å². The molecule has 1 saturated heterocycles. The van der Waals surface area contributed by atoms with Crippen molar-refractivity contribution in [3.8, 4) is 5.75 Å². The number of thiazole rings is 1. The Kier molecular flexibility index (Phi) is 7.51. The van der Waals surface area contributed by atoms with Gasteiger partial charge in [-0.3, -0.25) is 4.79 Å². The van der Waals surface area contributed by atoms with Crippen LogP contribution in [-0.4, -0.2) is 47.7 Å². The van der Waals surface area contributed by atoms with Crippen LogP contribution in [0, 0.1) is 6.92 Å². The summed E-state index contributed by atoms with van der Waals surface area (Å²) >= 11 is 7.39. The first-order chi connectivity index (χ1) is 13.9. The van der Waals surface area contributed by atoms with E-state index in [-0.39, 0.29) is 5.91 Å². The summed E-state index contributed by atoms with van der Waals surface area (Å²) in [6.07, 6.45) is 2.18. The van der Waals surface area contributed by atoms with E-state index >= 15 is 0 Å². The van der Waals surface area contributed by atoms with Crippen LogP contribution in [-0.2, 0) is 21.7 Å². The highest BCUT2D eigenvalue weighted by atomic mass is 35.5. The highest BCUT2D eigenvalue weighted by Crippen LogP contribution is 2.37. The Morgan fingerprint density at radius 2 is 2.07 bits per heavy atom. The number of methoxy groups -OCH3 is 1. The number of benzene rings is 1. The van der Waals surface area contributed by atoms with Crippen molar-refractivity contribution in [2.45, 2.75) is 44.8 Å². The lowest BCUT2D eigenvalue weighted by molar-refractivity contribution is -0.132. The fourth-order valence-corrected chi connectivity index (χ4v) is 4.62. The van der Waals surface area contributed by atoms with Crippen LogP contribution in [0.15, 0.2) is 24.3 Å². The van der Waals surface area contributed by atoms with E-state index in [9.17, 15) is 9.90 Å². The van der Waals surface area contributed by atoms with E-state index in [1.807, 2.05) is 24.0 Å². The van der Waals surface area contributed by atoms with Crippen molar-refractivity contribution < 1.29 is 19.4 Å². The van der Waals surface area contributed by atoms with Gasteiger partial charge in [-0.1, -0.05) is 11.6 Å². The number of nitrogens with zero attached hydrogens (tertiary/aromatic N) is 2. The molecule has 0 aliphatic carbocycles. The van der Waals surface area contributed by atoms with Crippen LogP contribution < -0.4 is 4.74 Å². The molecule has 1 N–H and O–H groups in total. The number of carbonyl (C=O) groups is 1. The molecular weight excluding hydrogens is 412 g/mol. The fraction of sp³-hybridized carbons (Fsp3) is 0.524. The lowest BCUT2D eigenvalue weighted by Gasteiger charge is -2.24. The molecule has 3 rings (SSSR count). The van der Waals surface area contributed by atoms with Gasteiger partial charge in [0.05, 0.1) is 23.6 Å². The highest BCUT2D eigenvalue weighted by Gasteiger charge is 2.36. The van der Waals surface area contributed by atoms with Gasteiger partial charge in [0.1, 0.15) is 23.0 Å². The smallest absolute Gasteiger partial charge is 0.224 e. The normalized spacial score (nSPS) is 19.8. The second-order valence-corrected chi connectivity index (χ2v) is 8.80. The average molecular weight is 439 g/mol. The highest BCUT2D eigenvalue weighted by molar-refractivity contribution is 7.11. The molecule has 29 heavy (non-hydrogen) atoms. The summed E-state index contributed by atoms with van der Waals surface area (Å²) in [6.45, 7) is 3.92. The number of hydrogen-bond acceptors (Lipinski definition) is 6. The van der Waals surface area contributed by atoms with Crippen LogP contribution in [0.5, 0.6) is 5.75 Å². The third kappa shape index (κ3) is 5.69. The first kappa shape index (κ1) is 22.0. The minimum absolute atomic E-state index is 0.0727. The third-order valence-corrected chi connectivity index (χ3v) is 6.74. The van der Waals surface area contributed by atoms with Crippen LogP contribution in [0.25, 0.3) is 0 Å². The molecule has 0 saturated carbocycles. The quantitative estimate of drug-likeness (QED) is 0.709. The first-order valence-electron chi connectivity index (χ1n) is 9.75. The summed E-state index contributed by atoms with van der Waals surface area (Å²) < 4.78 is 10.8. The molecule has 0 bridgehead atoms. The van der Waals surface area contributed by atoms with Gasteiger partial charge in [-0.2, -0.15) is 0 Å². The molecule has 158 valence electrons. The van der Waals surface area contributed by atoms with Crippen LogP contribution in [0.2, 0.25) is 5.02 Å². The molecule has 2 aromatic rings. The standard InChI is InChI=1S/C21H27ClN2O4S/c1-15-18(14-28-17-6-4-16(22)5-7-17)29-20(23-15)21(26)9-3-11-24(12-10-21)19(25)8-13-27-2/h4-7,26H,3,8-14H2,1-2H3/t21-/m1/s1. The summed E-state index contributed by atoms with van der Waals surface area (Å²) in [6, 6.07) is 7.23. The second-order valence-electron chi connectivity index (χ2n) is 7.28. The number of aromatic nitrogens is 1. The Morgan fingerprint density at radius 3 is 2.79 bits per heavy atom. The maximum absolute atomic E-state index is 12.3. The maximum atomic E-state index is 12.3. The Hall–Kier alpha value is -1.67. The molecule has 0 radical (unpaired) electrons. The predicted molar refractivity (Wildman–Crippen MR) is 113 cm³/mol.